The van der Waals surface area contributed by atoms with Crippen molar-refractivity contribution < 1.29 is 18.3 Å². The lowest BCUT2D eigenvalue weighted by molar-refractivity contribution is 0.0696. The van der Waals surface area contributed by atoms with Crippen molar-refractivity contribution in [2.45, 2.75) is 32.1 Å². The van der Waals surface area contributed by atoms with E-state index in [1.54, 1.807) is 26.8 Å². The monoisotopic (exact) mass is 256 g/mol. The molecule has 0 aromatic heterocycles. The SMILES string of the molecule is CCCS(=O)(=O)c1cc(C(=O)O)c(C)cc1C. The van der Waals surface area contributed by atoms with Gasteiger partial charge in [0.05, 0.1) is 16.2 Å². The average Bonchev–Trinajstić information content (AvgIpc) is 2.15. The second-order valence-electron chi connectivity index (χ2n) is 4.06. The summed E-state index contributed by atoms with van der Waals surface area (Å²) in [7, 11) is -3.38. The van der Waals surface area contributed by atoms with Crippen LogP contribution in [0.25, 0.3) is 0 Å². The molecular formula is C12H16O4S. The molecule has 94 valence electrons. The maximum atomic E-state index is 11.9. The Morgan fingerprint density at radius 3 is 2.29 bits per heavy atom. The molecule has 0 amide bonds. The van der Waals surface area contributed by atoms with E-state index in [1.807, 2.05) is 0 Å². The van der Waals surface area contributed by atoms with Crippen LogP contribution in [0.1, 0.15) is 34.8 Å². The van der Waals surface area contributed by atoms with E-state index in [4.69, 9.17) is 5.11 Å². The maximum absolute atomic E-state index is 11.9. The van der Waals surface area contributed by atoms with Gasteiger partial charge in [0.1, 0.15) is 0 Å². The zero-order valence-electron chi connectivity index (χ0n) is 10.1. The largest absolute Gasteiger partial charge is 0.478 e. The van der Waals surface area contributed by atoms with Gasteiger partial charge in [-0.15, -0.1) is 0 Å². The summed E-state index contributed by atoms with van der Waals surface area (Å²) in [4.78, 5) is 11.1. The lowest BCUT2D eigenvalue weighted by atomic mass is 10.1. The normalized spacial score (nSPS) is 11.5. The molecule has 0 saturated heterocycles. The van der Waals surface area contributed by atoms with E-state index >= 15 is 0 Å². The second-order valence-corrected chi connectivity index (χ2v) is 6.13. The van der Waals surface area contributed by atoms with E-state index in [0.717, 1.165) is 0 Å². The van der Waals surface area contributed by atoms with Crippen LogP contribution in [0.4, 0.5) is 0 Å². The van der Waals surface area contributed by atoms with Gasteiger partial charge in [-0.3, -0.25) is 0 Å². The molecule has 0 aliphatic carbocycles. The molecule has 1 rings (SSSR count). The molecule has 0 fully saturated rings. The highest BCUT2D eigenvalue weighted by atomic mass is 32.2. The molecule has 1 aromatic carbocycles. The van der Waals surface area contributed by atoms with Crippen molar-refractivity contribution in [2.24, 2.45) is 0 Å². The molecule has 0 heterocycles. The van der Waals surface area contributed by atoms with Gasteiger partial charge in [-0.25, -0.2) is 13.2 Å². The third-order valence-corrected chi connectivity index (χ3v) is 4.62. The zero-order valence-corrected chi connectivity index (χ0v) is 11.0. The number of hydrogen-bond donors (Lipinski definition) is 1. The Balaban J connectivity index is 3.45. The summed E-state index contributed by atoms with van der Waals surface area (Å²) in [6.45, 7) is 5.12. The van der Waals surface area contributed by atoms with Crippen LogP contribution in [-0.4, -0.2) is 25.2 Å². The molecule has 4 nitrogen and oxygen atoms in total. The summed E-state index contributed by atoms with van der Waals surface area (Å²) in [6, 6.07) is 2.87. The van der Waals surface area contributed by atoms with Crippen molar-refractivity contribution in [3.63, 3.8) is 0 Å². The van der Waals surface area contributed by atoms with Crippen LogP contribution >= 0.6 is 0 Å². The summed E-state index contributed by atoms with van der Waals surface area (Å²) >= 11 is 0. The fourth-order valence-corrected chi connectivity index (χ4v) is 3.38. The van der Waals surface area contributed by atoms with Gasteiger partial charge in [0.15, 0.2) is 9.84 Å². The van der Waals surface area contributed by atoms with Gasteiger partial charge in [-0.05, 0) is 37.5 Å². The van der Waals surface area contributed by atoms with Crippen LogP contribution in [0.2, 0.25) is 0 Å². The van der Waals surface area contributed by atoms with Gasteiger partial charge < -0.3 is 5.11 Å². The van der Waals surface area contributed by atoms with Gasteiger partial charge in [0, 0.05) is 0 Å². The van der Waals surface area contributed by atoms with Crippen molar-refractivity contribution >= 4 is 15.8 Å². The van der Waals surface area contributed by atoms with Gasteiger partial charge in [-0.1, -0.05) is 13.0 Å². The Bertz CT molecular complexity index is 544. The third-order valence-electron chi connectivity index (χ3n) is 2.56. The molecule has 0 atom stereocenters. The molecule has 0 saturated carbocycles. The number of rotatable bonds is 4. The summed E-state index contributed by atoms with van der Waals surface area (Å²) in [6.07, 6.45) is 0.512. The minimum absolute atomic E-state index is 0.0377. The third kappa shape index (κ3) is 2.85. The number of carbonyl (C=O) groups is 1. The number of carboxylic acids is 1. The van der Waals surface area contributed by atoms with E-state index in [0.29, 0.717) is 17.5 Å². The number of aromatic carboxylic acids is 1. The molecule has 17 heavy (non-hydrogen) atoms. The lowest BCUT2D eigenvalue weighted by Gasteiger charge is -2.10. The average molecular weight is 256 g/mol. The fourth-order valence-electron chi connectivity index (χ4n) is 1.78. The quantitative estimate of drug-likeness (QED) is 0.896. The van der Waals surface area contributed by atoms with Crippen molar-refractivity contribution in [3.8, 4) is 0 Å². The van der Waals surface area contributed by atoms with Crippen LogP contribution in [0.15, 0.2) is 17.0 Å². The van der Waals surface area contributed by atoms with Crippen LogP contribution < -0.4 is 0 Å². The molecule has 0 bridgehead atoms. The Morgan fingerprint density at radius 1 is 1.24 bits per heavy atom. The first-order valence-electron chi connectivity index (χ1n) is 5.37. The summed E-state index contributed by atoms with van der Waals surface area (Å²) in [5.41, 5.74) is 1.22. The van der Waals surface area contributed by atoms with E-state index in [2.05, 4.69) is 0 Å². The summed E-state index contributed by atoms with van der Waals surface area (Å²) in [5, 5.41) is 8.98. The standard InChI is InChI=1S/C12H16O4S/c1-4-5-17(15,16)11-7-10(12(13)14)8(2)6-9(11)3/h6-7H,4-5H2,1-3H3,(H,13,14). The predicted octanol–water partition coefficient (Wildman–Crippen LogP) is 2.19. The highest BCUT2D eigenvalue weighted by molar-refractivity contribution is 7.91. The topological polar surface area (TPSA) is 71.4 Å². The van der Waals surface area contributed by atoms with Gasteiger partial charge in [0.2, 0.25) is 0 Å². The van der Waals surface area contributed by atoms with Crippen molar-refractivity contribution in [2.75, 3.05) is 5.75 Å². The van der Waals surface area contributed by atoms with Gasteiger partial charge in [0.25, 0.3) is 0 Å². The van der Waals surface area contributed by atoms with Crippen LogP contribution in [0.5, 0.6) is 0 Å². The highest BCUT2D eigenvalue weighted by Crippen LogP contribution is 2.22. The molecule has 0 unspecified atom stereocenters. The van der Waals surface area contributed by atoms with Crippen LogP contribution in [0, 0.1) is 13.8 Å². The molecule has 0 radical (unpaired) electrons. The van der Waals surface area contributed by atoms with Crippen LogP contribution in [-0.2, 0) is 9.84 Å². The van der Waals surface area contributed by atoms with Crippen molar-refractivity contribution in [1.82, 2.24) is 0 Å². The van der Waals surface area contributed by atoms with Crippen molar-refractivity contribution in [1.29, 1.82) is 0 Å². The smallest absolute Gasteiger partial charge is 0.335 e. The Kier molecular flexibility index (Phi) is 3.93. The number of sulfone groups is 1. The Labute approximate surface area is 101 Å². The molecule has 1 N–H and O–H groups in total. The molecule has 1 aromatic rings. The zero-order chi connectivity index (χ0) is 13.2. The minimum atomic E-state index is -3.38. The van der Waals surface area contributed by atoms with E-state index in [-0.39, 0.29) is 16.2 Å². The van der Waals surface area contributed by atoms with Gasteiger partial charge >= 0.3 is 5.97 Å². The number of aryl methyl sites for hydroxylation is 2. The second kappa shape index (κ2) is 4.87. The molecule has 0 spiro atoms. The van der Waals surface area contributed by atoms with Crippen LogP contribution in [0.3, 0.4) is 0 Å². The summed E-state index contributed by atoms with van der Waals surface area (Å²) < 4.78 is 23.9. The molecule has 0 aliphatic heterocycles. The number of carboxylic acid groups (broad SMARTS) is 1. The Hall–Kier alpha value is -1.36. The Morgan fingerprint density at radius 2 is 1.82 bits per heavy atom. The first-order chi connectivity index (χ1) is 7.79. The van der Waals surface area contributed by atoms with E-state index < -0.39 is 15.8 Å². The van der Waals surface area contributed by atoms with E-state index in [1.165, 1.54) is 6.07 Å². The fraction of sp³-hybridized carbons (Fsp3) is 0.417. The maximum Gasteiger partial charge on any atom is 0.335 e. The van der Waals surface area contributed by atoms with E-state index in [9.17, 15) is 13.2 Å². The number of hydrogen-bond acceptors (Lipinski definition) is 3. The van der Waals surface area contributed by atoms with Gasteiger partial charge in [-0.2, -0.15) is 0 Å². The lowest BCUT2D eigenvalue weighted by Crippen LogP contribution is -2.10. The first-order valence-corrected chi connectivity index (χ1v) is 7.02. The molecule has 5 heteroatoms. The highest BCUT2D eigenvalue weighted by Gasteiger charge is 2.19. The minimum Gasteiger partial charge on any atom is -0.478 e. The predicted molar refractivity (Wildman–Crippen MR) is 65.2 cm³/mol. The molecule has 0 aliphatic rings. The first kappa shape index (κ1) is 13.7. The van der Waals surface area contributed by atoms with Crippen molar-refractivity contribution in [3.05, 3.63) is 28.8 Å². The number of benzene rings is 1. The summed E-state index contributed by atoms with van der Waals surface area (Å²) in [5.74, 6) is -1.06. The molecular weight excluding hydrogens is 240 g/mol.